The van der Waals surface area contributed by atoms with Gasteiger partial charge in [-0.15, -0.1) is 0 Å². The SMILES string of the molecule is COc1ccc([C@H]2CC(=O)C3=C(C2)Nc2ccccc2N[C@H]3c2ccc(C)cc2)cc1OC. The van der Waals surface area contributed by atoms with Crippen LogP contribution in [-0.2, 0) is 4.79 Å². The van der Waals surface area contributed by atoms with Gasteiger partial charge in [-0.1, -0.05) is 48.0 Å². The number of Topliss-reactive ketones (excluding diaryl/α,β-unsaturated/α-hetero) is 1. The maximum atomic E-state index is 13.7. The molecule has 0 spiro atoms. The maximum Gasteiger partial charge on any atom is 0.163 e. The van der Waals surface area contributed by atoms with Gasteiger partial charge in [-0.25, -0.2) is 0 Å². The van der Waals surface area contributed by atoms with E-state index in [4.69, 9.17) is 9.47 Å². The summed E-state index contributed by atoms with van der Waals surface area (Å²) in [6, 6.07) is 22.3. The molecule has 5 heteroatoms. The minimum absolute atomic E-state index is 0.0625. The van der Waals surface area contributed by atoms with E-state index in [2.05, 4.69) is 54.0 Å². The molecular formula is C28H28N2O3. The van der Waals surface area contributed by atoms with Crippen molar-refractivity contribution >= 4 is 17.2 Å². The van der Waals surface area contributed by atoms with E-state index in [0.29, 0.717) is 17.9 Å². The van der Waals surface area contributed by atoms with Gasteiger partial charge < -0.3 is 20.1 Å². The number of methoxy groups -OCH3 is 2. The lowest BCUT2D eigenvalue weighted by molar-refractivity contribution is -0.116. The molecule has 3 aromatic rings. The van der Waals surface area contributed by atoms with Crippen molar-refractivity contribution < 1.29 is 14.3 Å². The van der Waals surface area contributed by atoms with Crippen molar-refractivity contribution in [3.63, 3.8) is 0 Å². The molecule has 2 aliphatic rings. The highest BCUT2D eigenvalue weighted by Crippen LogP contribution is 2.45. The Kier molecular flexibility index (Phi) is 5.55. The third kappa shape index (κ3) is 3.95. The molecule has 3 aromatic carbocycles. The zero-order chi connectivity index (χ0) is 22.9. The predicted octanol–water partition coefficient (Wildman–Crippen LogP) is 5.99. The number of fused-ring (bicyclic) bond motifs is 1. The van der Waals surface area contributed by atoms with Crippen LogP contribution in [-0.4, -0.2) is 20.0 Å². The normalized spacial score (nSPS) is 19.5. The Balaban J connectivity index is 1.57. The molecule has 2 atom stereocenters. The van der Waals surface area contributed by atoms with Gasteiger partial charge in [0.2, 0.25) is 0 Å². The van der Waals surface area contributed by atoms with Crippen LogP contribution in [0.5, 0.6) is 11.5 Å². The summed E-state index contributed by atoms with van der Waals surface area (Å²) in [5.41, 5.74) is 7.15. The zero-order valence-electron chi connectivity index (χ0n) is 19.1. The van der Waals surface area contributed by atoms with Crippen LogP contribution in [0.2, 0.25) is 0 Å². The van der Waals surface area contributed by atoms with Gasteiger partial charge in [0.15, 0.2) is 17.3 Å². The fourth-order valence-electron chi connectivity index (χ4n) is 4.84. The molecule has 2 N–H and O–H groups in total. The quantitative estimate of drug-likeness (QED) is 0.522. The molecule has 0 radical (unpaired) electrons. The highest BCUT2D eigenvalue weighted by molar-refractivity contribution is 6.01. The van der Waals surface area contributed by atoms with Gasteiger partial charge in [0, 0.05) is 17.7 Å². The lowest BCUT2D eigenvalue weighted by atomic mass is 9.78. The van der Waals surface area contributed by atoms with E-state index in [0.717, 1.165) is 40.2 Å². The number of anilines is 2. The Morgan fingerprint density at radius 1 is 0.818 bits per heavy atom. The molecule has 168 valence electrons. The van der Waals surface area contributed by atoms with E-state index in [1.54, 1.807) is 14.2 Å². The van der Waals surface area contributed by atoms with Gasteiger partial charge in [0.05, 0.1) is 31.6 Å². The number of hydrogen-bond donors (Lipinski definition) is 2. The van der Waals surface area contributed by atoms with E-state index < -0.39 is 0 Å². The fourth-order valence-corrected chi connectivity index (χ4v) is 4.84. The number of nitrogens with one attached hydrogen (secondary N) is 2. The van der Waals surface area contributed by atoms with Crippen LogP contribution in [0.25, 0.3) is 0 Å². The molecule has 0 bridgehead atoms. The van der Waals surface area contributed by atoms with Gasteiger partial charge in [-0.05, 0) is 54.7 Å². The van der Waals surface area contributed by atoms with Crippen LogP contribution >= 0.6 is 0 Å². The van der Waals surface area contributed by atoms with Crippen molar-refractivity contribution in [2.24, 2.45) is 0 Å². The summed E-state index contributed by atoms with van der Waals surface area (Å²) < 4.78 is 10.9. The molecule has 0 saturated carbocycles. The third-order valence-electron chi connectivity index (χ3n) is 6.60. The number of allylic oxidation sites excluding steroid dienone is 1. The van der Waals surface area contributed by atoms with Crippen LogP contribution in [0, 0.1) is 6.92 Å². The number of para-hydroxylation sites is 2. The minimum atomic E-state index is -0.199. The van der Waals surface area contributed by atoms with Gasteiger partial charge >= 0.3 is 0 Å². The van der Waals surface area contributed by atoms with Gasteiger partial charge in [-0.2, -0.15) is 0 Å². The number of carbonyl (C=O) groups excluding carboxylic acids is 1. The Hall–Kier alpha value is -3.73. The predicted molar refractivity (Wildman–Crippen MR) is 131 cm³/mol. The number of rotatable bonds is 4. The summed E-state index contributed by atoms with van der Waals surface area (Å²) in [4.78, 5) is 13.7. The Morgan fingerprint density at radius 3 is 2.24 bits per heavy atom. The molecule has 1 aliphatic carbocycles. The Bertz CT molecular complexity index is 1230. The molecule has 0 saturated heterocycles. The first kappa shape index (κ1) is 21.1. The fraction of sp³-hybridized carbons (Fsp3) is 0.250. The van der Waals surface area contributed by atoms with E-state index in [9.17, 15) is 4.79 Å². The second kappa shape index (κ2) is 8.66. The highest BCUT2D eigenvalue weighted by Gasteiger charge is 2.36. The minimum Gasteiger partial charge on any atom is -0.493 e. The van der Waals surface area contributed by atoms with Crippen LogP contribution in [0.15, 0.2) is 78.0 Å². The van der Waals surface area contributed by atoms with Crippen molar-refractivity contribution in [3.8, 4) is 11.5 Å². The number of carbonyl (C=O) groups is 1. The Morgan fingerprint density at radius 2 is 1.52 bits per heavy atom. The second-order valence-corrected chi connectivity index (χ2v) is 8.69. The van der Waals surface area contributed by atoms with Crippen molar-refractivity contribution in [2.75, 3.05) is 24.9 Å². The summed E-state index contributed by atoms with van der Waals surface area (Å²) in [7, 11) is 3.26. The van der Waals surface area contributed by atoms with Crippen LogP contribution in [0.4, 0.5) is 11.4 Å². The summed E-state index contributed by atoms with van der Waals surface area (Å²) in [6.45, 7) is 2.07. The Labute approximate surface area is 194 Å². The summed E-state index contributed by atoms with van der Waals surface area (Å²) >= 11 is 0. The first-order valence-electron chi connectivity index (χ1n) is 11.2. The molecule has 1 heterocycles. The van der Waals surface area contributed by atoms with Crippen LogP contribution < -0.4 is 20.1 Å². The average molecular weight is 441 g/mol. The van der Waals surface area contributed by atoms with E-state index in [1.165, 1.54) is 5.56 Å². The molecule has 0 unspecified atom stereocenters. The smallest absolute Gasteiger partial charge is 0.163 e. The first-order chi connectivity index (χ1) is 16.1. The average Bonchev–Trinajstić information content (AvgIpc) is 3.01. The molecule has 1 aliphatic heterocycles. The van der Waals surface area contributed by atoms with Gasteiger partial charge in [0.25, 0.3) is 0 Å². The molecule has 0 fully saturated rings. The number of ether oxygens (including phenoxy) is 2. The molecule has 33 heavy (non-hydrogen) atoms. The standard InChI is InChI=1S/C28H28N2O3/c1-17-8-10-18(11-9-17)28-27-23(29-21-6-4-5-7-22(21)30-28)14-20(15-24(27)31)19-12-13-25(32-2)26(16-19)33-3/h4-13,16,20,28-30H,14-15H2,1-3H3/t20-,28+/m1/s1. The highest BCUT2D eigenvalue weighted by atomic mass is 16.5. The van der Waals surface area contributed by atoms with Crippen LogP contribution in [0.1, 0.15) is 41.5 Å². The summed E-state index contributed by atoms with van der Waals surface area (Å²) in [5.74, 6) is 1.59. The zero-order valence-corrected chi connectivity index (χ0v) is 19.1. The molecule has 0 amide bonds. The lowest BCUT2D eigenvalue weighted by Crippen LogP contribution is -2.26. The number of benzene rings is 3. The summed E-state index contributed by atoms with van der Waals surface area (Å²) in [6.07, 6.45) is 1.20. The van der Waals surface area contributed by atoms with Crippen molar-refractivity contribution in [2.45, 2.75) is 31.7 Å². The van der Waals surface area contributed by atoms with Gasteiger partial charge in [0.1, 0.15) is 0 Å². The number of hydrogen-bond acceptors (Lipinski definition) is 5. The maximum absolute atomic E-state index is 13.7. The number of ketones is 1. The van der Waals surface area contributed by atoms with Crippen molar-refractivity contribution in [3.05, 3.63) is 94.7 Å². The lowest BCUT2D eigenvalue weighted by Gasteiger charge is -2.30. The molecule has 5 nitrogen and oxygen atoms in total. The van der Waals surface area contributed by atoms with E-state index in [1.807, 2.05) is 30.3 Å². The second-order valence-electron chi connectivity index (χ2n) is 8.69. The molecular weight excluding hydrogens is 412 g/mol. The summed E-state index contributed by atoms with van der Waals surface area (Å²) in [5, 5.41) is 7.23. The van der Waals surface area contributed by atoms with Crippen molar-refractivity contribution in [1.82, 2.24) is 0 Å². The first-order valence-corrected chi connectivity index (χ1v) is 11.2. The number of aryl methyl sites for hydroxylation is 1. The third-order valence-corrected chi connectivity index (χ3v) is 6.60. The molecule has 5 rings (SSSR count). The monoisotopic (exact) mass is 440 g/mol. The molecule has 0 aromatic heterocycles. The van der Waals surface area contributed by atoms with Crippen molar-refractivity contribution in [1.29, 1.82) is 0 Å². The largest absolute Gasteiger partial charge is 0.493 e. The van der Waals surface area contributed by atoms with Crippen LogP contribution in [0.3, 0.4) is 0 Å². The topological polar surface area (TPSA) is 59.6 Å². The van der Waals surface area contributed by atoms with E-state index >= 15 is 0 Å². The van der Waals surface area contributed by atoms with E-state index in [-0.39, 0.29) is 17.7 Å². The van der Waals surface area contributed by atoms with Gasteiger partial charge in [-0.3, -0.25) is 4.79 Å².